The second-order valence-electron chi connectivity index (χ2n) is 4.16. The van der Waals surface area contributed by atoms with E-state index in [1.54, 1.807) is 12.3 Å². The average molecular weight is 311 g/mol. The fraction of sp³-hybridized carbons (Fsp3) is 0.0833. The van der Waals surface area contributed by atoms with Crippen LogP contribution >= 0.6 is 0 Å². The van der Waals surface area contributed by atoms with Gasteiger partial charge in [0.2, 0.25) is 5.96 Å². The maximum Gasteiger partial charge on any atom is 0.416 e. The van der Waals surface area contributed by atoms with E-state index in [4.69, 9.17) is 17.2 Å². The van der Waals surface area contributed by atoms with Gasteiger partial charge in [-0.2, -0.15) is 23.3 Å². The summed E-state index contributed by atoms with van der Waals surface area (Å²) >= 11 is 0. The number of alkyl halides is 3. The molecule has 116 valence electrons. The van der Waals surface area contributed by atoms with Crippen LogP contribution in [0, 0.1) is 0 Å². The van der Waals surface area contributed by atoms with E-state index in [0.29, 0.717) is 5.69 Å². The van der Waals surface area contributed by atoms with E-state index in [0.717, 1.165) is 12.1 Å². The van der Waals surface area contributed by atoms with Crippen LogP contribution in [0.1, 0.15) is 5.56 Å². The van der Waals surface area contributed by atoms with Crippen molar-refractivity contribution < 1.29 is 13.2 Å². The first kappa shape index (κ1) is 15.4. The van der Waals surface area contributed by atoms with Crippen LogP contribution < -0.4 is 17.2 Å². The second kappa shape index (κ2) is 5.76. The zero-order valence-corrected chi connectivity index (χ0v) is 11.1. The first-order valence-corrected chi connectivity index (χ1v) is 5.92. The van der Waals surface area contributed by atoms with Gasteiger partial charge in [0.05, 0.1) is 16.9 Å². The predicted octanol–water partition coefficient (Wildman–Crippen LogP) is 1.11. The molecule has 1 aromatic carbocycles. The summed E-state index contributed by atoms with van der Waals surface area (Å²) in [5.74, 6) is -0.721. The van der Waals surface area contributed by atoms with Crippen LogP contribution in [0.4, 0.5) is 18.9 Å². The smallest absolute Gasteiger partial charge is 0.370 e. The van der Waals surface area contributed by atoms with E-state index >= 15 is 0 Å². The minimum Gasteiger partial charge on any atom is -0.370 e. The molecule has 2 rings (SSSR count). The number of rotatable bonds is 2. The second-order valence-corrected chi connectivity index (χ2v) is 4.16. The third kappa shape index (κ3) is 3.53. The molecular formula is C12H12F3N7. The summed E-state index contributed by atoms with van der Waals surface area (Å²) in [5.41, 5.74) is 15.1. The molecule has 0 aliphatic rings. The van der Waals surface area contributed by atoms with Gasteiger partial charge >= 0.3 is 6.18 Å². The molecule has 0 radical (unpaired) electrons. The molecule has 0 amide bonds. The highest BCUT2D eigenvalue weighted by Crippen LogP contribution is 2.34. The van der Waals surface area contributed by atoms with Crippen molar-refractivity contribution in [1.29, 1.82) is 0 Å². The fourth-order valence-electron chi connectivity index (χ4n) is 1.68. The molecule has 1 heterocycles. The summed E-state index contributed by atoms with van der Waals surface area (Å²) in [4.78, 5) is 7.29. The Labute approximate surface area is 122 Å². The molecule has 0 saturated carbocycles. The van der Waals surface area contributed by atoms with Crippen molar-refractivity contribution in [3.63, 3.8) is 0 Å². The number of nitrogens with zero attached hydrogens (tertiary/aromatic N) is 4. The number of halogens is 3. The summed E-state index contributed by atoms with van der Waals surface area (Å²) in [5, 5.41) is 3.95. The number of aliphatic imine (C=N–C) groups is 2. The van der Waals surface area contributed by atoms with Gasteiger partial charge in [-0.1, -0.05) is 0 Å². The molecule has 0 aliphatic heterocycles. The number of hydrogen-bond acceptors (Lipinski definition) is 2. The van der Waals surface area contributed by atoms with Crippen LogP contribution in [0.5, 0.6) is 0 Å². The number of guanidine groups is 2. The van der Waals surface area contributed by atoms with Gasteiger partial charge in [-0.3, -0.25) is 0 Å². The summed E-state index contributed by atoms with van der Waals surface area (Å²) in [6.45, 7) is 0. The molecule has 0 fully saturated rings. The minimum atomic E-state index is -4.52. The van der Waals surface area contributed by atoms with E-state index in [-0.39, 0.29) is 17.6 Å². The van der Waals surface area contributed by atoms with E-state index < -0.39 is 11.7 Å². The summed E-state index contributed by atoms with van der Waals surface area (Å²) < 4.78 is 39.8. The first-order chi connectivity index (χ1) is 10.3. The monoisotopic (exact) mass is 311 g/mol. The van der Waals surface area contributed by atoms with Gasteiger partial charge < -0.3 is 17.2 Å². The Morgan fingerprint density at radius 3 is 2.45 bits per heavy atom. The van der Waals surface area contributed by atoms with Crippen molar-refractivity contribution >= 4 is 17.6 Å². The van der Waals surface area contributed by atoms with E-state index in [1.165, 1.54) is 16.9 Å². The average Bonchev–Trinajstić information content (AvgIpc) is 2.90. The lowest BCUT2D eigenvalue weighted by Gasteiger charge is -2.11. The standard InChI is InChI=1S/C12H12F3N7/c13-12(14,15)7-2-3-9(22-5-1-4-19-22)8(6-7)20-11(18)21-10(16)17/h1-6H,(H6,16,17,18,20,21). The Morgan fingerprint density at radius 2 is 1.91 bits per heavy atom. The zero-order valence-electron chi connectivity index (χ0n) is 11.1. The van der Waals surface area contributed by atoms with Gasteiger partial charge in [0, 0.05) is 12.4 Å². The quantitative estimate of drug-likeness (QED) is 0.568. The van der Waals surface area contributed by atoms with E-state index in [9.17, 15) is 13.2 Å². The molecule has 22 heavy (non-hydrogen) atoms. The number of nitrogens with two attached hydrogens (primary N) is 3. The van der Waals surface area contributed by atoms with E-state index in [1.807, 2.05) is 0 Å². The highest BCUT2D eigenvalue weighted by atomic mass is 19.4. The Morgan fingerprint density at radius 1 is 1.18 bits per heavy atom. The van der Waals surface area contributed by atoms with Gasteiger partial charge in [-0.15, -0.1) is 0 Å². The molecule has 0 spiro atoms. The zero-order chi connectivity index (χ0) is 16.3. The fourth-order valence-corrected chi connectivity index (χ4v) is 1.68. The molecule has 2 aromatic rings. The summed E-state index contributed by atoms with van der Waals surface area (Å²) in [6.07, 6.45) is -1.49. The summed E-state index contributed by atoms with van der Waals surface area (Å²) in [7, 11) is 0. The highest BCUT2D eigenvalue weighted by molar-refractivity contribution is 5.94. The maximum absolute atomic E-state index is 12.8. The van der Waals surface area contributed by atoms with Crippen LogP contribution in [0.3, 0.4) is 0 Å². The van der Waals surface area contributed by atoms with Crippen molar-refractivity contribution in [2.24, 2.45) is 27.2 Å². The molecule has 0 unspecified atom stereocenters. The van der Waals surface area contributed by atoms with Gasteiger partial charge in [0.1, 0.15) is 0 Å². The highest BCUT2D eigenvalue weighted by Gasteiger charge is 2.31. The molecule has 10 heteroatoms. The Bertz CT molecular complexity index is 713. The maximum atomic E-state index is 12.8. The van der Waals surface area contributed by atoms with Crippen LogP contribution in [0.15, 0.2) is 46.6 Å². The summed E-state index contributed by atoms with van der Waals surface area (Å²) in [6, 6.07) is 4.61. The molecule has 6 N–H and O–H groups in total. The molecule has 7 nitrogen and oxygen atoms in total. The number of aromatic nitrogens is 2. The van der Waals surface area contributed by atoms with Gasteiger partial charge in [0.15, 0.2) is 5.96 Å². The molecule has 0 atom stereocenters. The Kier molecular flexibility index (Phi) is 4.02. The van der Waals surface area contributed by atoms with Crippen LogP contribution in [-0.4, -0.2) is 21.7 Å². The van der Waals surface area contributed by atoms with Crippen LogP contribution in [0.2, 0.25) is 0 Å². The molecule has 0 bridgehead atoms. The molecule has 1 aromatic heterocycles. The normalized spacial score (nSPS) is 12.2. The topological polar surface area (TPSA) is 121 Å². The lowest BCUT2D eigenvalue weighted by Crippen LogP contribution is -2.26. The number of benzene rings is 1. The Balaban J connectivity index is 2.58. The van der Waals surface area contributed by atoms with Gasteiger partial charge in [-0.25, -0.2) is 9.67 Å². The molecule has 0 saturated heterocycles. The van der Waals surface area contributed by atoms with Crippen molar-refractivity contribution in [2.75, 3.05) is 0 Å². The third-order valence-electron chi connectivity index (χ3n) is 2.53. The predicted molar refractivity (Wildman–Crippen MR) is 75.7 cm³/mol. The minimum absolute atomic E-state index is 0.0685. The number of hydrogen-bond donors (Lipinski definition) is 3. The molecular weight excluding hydrogens is 299 g/mol. The van der Waals surface area contributed by atoms with Crippen molar-refractivity contribution in [2.45, 2.75) is 6.18 Å². The Hall–Kier alpha value is -3.04. The van der Waals surface area contributed by atoms with Crippen molar-refractivity contribution in [1.82, 2.24) is 9.78 Å². The first-order valence-electron chi connectivity index (χ1n) is 5.92. The van der Waals surface area contributed by atoms with Gasteiger partial charge in [-0.05, 0) is 24.3 Å². The SMILES string of the molecule is NC(N)=NC(N)=Nc1cc(C(F)(F)F)ccc1-n1cccn1. The lowest BCUT2D eigenvalue weighted by atomic mass is 10.1. The van der Waals surface area contributed by atoms with Crippen LogP contribution in [0.25, 0.3) is 5.69 Å². The molecule has 0 aliphatic carbocycles. The largest absolute Gasteiger partial charge is 0.416 e. The van der Waals surface area contributed by atoms with Crippen molar-refractivity contribution in [3.05, 3.63) is 42.2 Å². The van der Waals surface area contributed by atoms with Crippen molar-refractivity contribution in [3.8, 4) is 5.69 Å². The third-order valence-corrected chi connectivity index (χ3v) is 2.53. The van der Waals surface area contributed by atoms with E-state index in [2.05, 4.69) is 15.1 Å². The lowest BCUT2D eigenvalue weighted by molar-refractivity contribution is -0.137. The van der Waals surface area contributed by atoms with Gasteiger partial charge in [0.25, 0.3) is 0 Å². The van der Waals surface area contributed by atoms with Crippen LogP contribution in [-0.2, 0) is 6.18 Å².